The average Bonchev–Trinajstić information content (AvgIpc) is 2.53. The number of halogens is 1. The third-order valence-corrected chi connectivity index (χ3v) is 3.72. The second-order valence-corrected chi connectivity index (χ2v) is 5.84. The highest BCUT2D eigenvalue weighted by Crippen LogP contribution is 2.16. The number of benzene rings is 2. The molecule has 2 N–H and O–H groups in total. The van der Waals surface area contributed by atoms with Gasteiger partial charge in [-0.15, -0.1) is 0 Å². The highest BCUT2D eigenvalue weighted by molar-refractivity contribution is 9.10. The Morgan fingerprint density at radius 2 is 1.76 bits per heavy atom. The molecule has 0 amide bonds. The molecule has 0 fully saturated rings. The first-order valence-electron chi connectivity index (χ1n) is 6.99. The standard InChI is InChI=1S/C17H20BrNO2/c1-13(14-5-3-2-4-6-14)21-12-17(20)11-19-16-9-7-15(18)8-10-16/h2-10,13,17,19-20H,11-12H2,1H3. The Bertz CT molecular complexity index is 530. The highest BCUT2D eigenvalue weighted by atomic mass is 79.9. The predicted octanol–water partition coefficient (Wildman–Crippen LogP) is 4.00. The minimum absolute atomic E-state index is 0.0199. The zero-order valence-corrected chi connectivity index (χ0v) is 13.6. The Morgan fingerprint density at radius 1 is 1.10 bits per heavy atom. The average molecular weight is 350 g/mol. The van der Waals surface area contributed by atoms with Gasteiger partial charge < -0.3 is 15.2 Å². The van der Waals surface area contributed by atoms with Crippen LogP contribution in [0.25, 0.3) is 0 Å². The van der Waals surface area contributed by atoms with Gasteiger partial charge in [0.15, 0.2) is 0 Å². The molecule has 0 aliphatic carbocycles. The third kappa shape index (κ3) is 5.50. The van der Waals surface area contributed by atoms with E-state index in [1.807, 2.05) is 61.5 Å². The van der Waals surface area contributed by atoms with Crippen molar-refractivity contribution in [1.82, 2.24) is 0 Å². The fraction of sp³-hybridized carbons (Fsp3) is 0.294. The van der Waals surface area contributed by atoms with Crippen LogP contribution in [0.15, 0.2) is 59.1 Å². The van der Waals surface area contributed by atoms with Crippen LogP contribution >= 0.6 is 15.9 Å². The maximum atomic E-state index is 9.96. The minimum Gasteiger partial charge on any atom is -0.389 e. The lowest BCUT2D eigenvalue weighted by Gasteiger charge is -2.17. The van der Waals surface area contributed by atoms with Crippen LogP contribution in [-0.4, -0.2) is 24.4 Å². The Labute approximate surface area is 134 Å². The smallest absolute Gasteiger partial charge is 0.0945 e. The summed E-state index contributed by atoms with van der Waals surface area (Å²) >= 11 is 3.39. The lowest BCUT2D eigenvalue weighted by Crippen LogP contribution is -2.25. The van der Waals surface area contributed by atoms with Crippen molar-refractivity contribution >= 4 is 21.6 Å². The van der Waals surface area contributed by atoms with E-state index in [1.165, 1.54) is 0 Å². The first-order valence-corrected chi connectivity index (χ1v) is 7.78. The van der Waals surface area contributed by atoms with Gasteiger partial charge in [0, 0.05) is 16.7 Å². The number of ether oxygens (including phenoxy) is 1. The summed E-state index contributed by atoms with van der Waals surface area (Å²) in [4.78, 5) is 0. The molecule has 0 heterocycles. The maximum absolute atomic E-state index is 9.96. The van der Waals surface area contributed by atoms with Crippen molar-refractivity contribution in [3.63, 3.8) is 0 Å². The molecule has 112 valence electrons. The molecular weight excluding hydrogens is 330 g/mol. The fourth-order valence-corrected chi connectivity index (χ4v) is 2.20. The van der Waals surface area contributed by atoms with Crippen LogP contribution in [-0.2, 0) is 4.74 Å². The summed E-state index contributed by atoms with van der Waals surface area (Å²) in [6.45, 7) is 2.76. The fourth-order valence-electron chi connectivity index (χ4n) is 1.94. The Morgan fingerprint density at radius 3 is 2.43 bits per heavy atom. The van der Waals surface area contributed by atoms with Gasteiger partial charge in [0.25, 0.3) is 0 Å². The summed E-state index contributed by atoms with van der Waals surface area (Å²) in [6.07, 6.45) is -0.562. The molecule has 0 saturated carbocycles. The van der Waals surface area contributed by atoms with Crippen LogP contribution in [0.3, 0.4) is 0 Å². The first kappa shape index (κ1) is 16.0. The predicted molar refractivity (Wildman–Crippen MR) is 89.4 cm³/mol. The monoisotopic (exact) mass is 349 g/mol. The van der Waals surface area contributed by atoms with E-state index >= 15 is 0 Å². The number of aliphatic hydroxyl groups excluding tert-OH is 1. The summed E-state index contributed by atoms with van der Waals surface area (Å²) in [5.74, 6) is 0. The zero-order valence-electron chi connectivity index (χ0n) is 12.0. The molecule has 2 aromatic rings. The Balaban J connectivity index is 1.72. The summed E-state index contributed by atoms with van der Waals surface area (Å²) < 4.78 is 6.74. The van der Waals surface area contributed by atoms with Gasteiger partial charge in [-0.3, -0.25) is 0 Å². The molecule has 21 heavy (non-hydrogen) atoms. The normalized spacial score (nSPS) is 13.7. The van der Waals surface area contributed by atoms with Crippen LogP contribution in [0, 0.1) is 0 Å². The van der Waals surface area contributed by atoms with E-state index in [4.69, 9.17) is 4.74 Å². The van der Waals surface area contributed by atoms with Gasteiger partial charge in [-0.1, -0.05) is 46.3 Å². The molecule has 0 aliphatic heterocycles. The summed E-state index contributed by atoms with van der Waals surface area (Å²) in [7, 11) is 0. The Hall–Kier alpha value is -1.36. The van der Waals surface area contributed by atoms with Crippen LogP contribution in [0.2, 0.25) is 0 Å². The van der Waals surface area contributed by atoms with E-state index in [9.17, 15) is 5.11 Å². The lowest BCUT2D eigenvalue weighted by atomic mass is 10.1. The van der Waals surface area contributed by atoms with Crippen molar-refractivity contribution < 1.29 is 9.84 Å². The maximum Gasteiger partial charge on any atom is 0.0945 e. The van der Waals surface area contributed by atoms with Crippen molar-refractivity contribution in [2.75, 3.05) is 18.5 Å². The van der Waals surface area contributed by atoms with E-state index in [2.05, 4.69) is 21.2 Å². The van der Waals surface area contributed by atoms with Crippen LogP contribution < -0.4 is 5.32 Å². The quantitative estimate of drug-likeness (QED) is 0.793. The van der Waals surface area contributed by atoms with E-state index in [0.29, 0.717) is 13.2 Å². The summed E-state index contributed by atoms with van der Waals surface area (Å²) in [5, 5.41) is 13.1. The van der Waals surface area contributed by atoms with Gasteiger partial charge in [-0.2, -0.15) is 0 Å². The SMILES string of the molecule is CC(OCC(O)CNc1ccc(Br)cc1)c1ccccc1. The van der Waals surface area contributed by atoms with Crippen LogP contribution in [0.4, 0.5) is 5.69 Å². The molecule has 0 aliphatic rings. The molecule has 0 saturated heterocycles. The molecule has 2 atom stereocenters. The lowest BCUT2D eigenvalue weighted by molar-refractivity contribution is 0.00243. The van der Waals surface area contributed by atoms with Crippen molar-refractivity contribution in [2.45, 2.75) is 19.1 Å². The number of hydrogen-bond acceptors (Lipinski definition) is 3. The molecule has 0 radical (unpaired) electrons. The van der Waals surface area contributed by atoms with E-state index in [1.54, 1.807) is 0 Å². The number of anilines is 1. The molecule has 2 rings (SSSR count). The van der Waals surface area contributed by atoms with Crippen molar-refractivity contribution in [3.05, 3.63) is 64.6 Å². The molecule has 4 heteroatoms. The van der Waals surface area contributed by atoms with Crippen molar-refractivity contribution in [2.24, 2.45) is 0 Å². The summed E-state index contributed by atoms with van der Waals surface area (Å²) in [6, 6.07) is 17.8. The van der Waals surface area contributed by atoms with Gasteiger partial charge in [-0.05, 0) is 36.8 Å². The number of aliphatic hydroxyl groups is 1. The number of hydrogen-bond donors (Lipinski definition) is 2. The van der Waals surface area contributed by atoms with Gasteiger partial charge in [0.1, 0.15) is 0 Å². The molecule has 0 bridgehead atoms. The topological polar surface area (TPSA) is 41.5 Å². The molecule has 0 spiro atoms. The third-order valence-electron chi connectivity index (χ3n) is 3.19. The number of rotatable bonds is 7. The van der Waals surface area contributed by atoms with Gasteiger partial charge >= 0.3 is 0 Å². The molecule has 2 aromatic carbocycles. The Kier molecular flexibility index (Phi) is 6.23. The second kappa shape index (κ2) is 8.17. The highest BCUT2D eigenvalue weighted by Gasteiger charge is 2.09. The molecular formula is C17H20BrNO2. The number of nitrogens with one attached hydrogen (secondary N) is 1. The van der Waals surface area contributed by atoms with E-state index in [0.717, 1.165) is 15.7 Å². The van der Waals surface area contributed by atoms with Crippen LogP contribution in [0.5, 0.6) is 0 Å². The van der Waals surface area contributed by atoms with Crippen molar-refractivity contribution in [3.8, 4) is 0 Å². The minimum atomic E-state index is -0.542. The largest absolute Gasteiger partial charge is 0.389 e. The van der Waals surface area contributed by atoms with E-state index in [-0.39, 0.29) is 6.10 Å². The van der Waals surface area contributed by atoms with Gasteiger partial charge in [-0.25, -0.2) is 0 Å². The summed E-state index contributed by atoms with van der Waals surface area (Å²) in [5.41, 5.74) is 2.10. The molecule has 3 nitrogen and oxygen atoms in total. The molecule has 2 unspecified atom stereocenters. The second-order valence-electron chi connectivity index (χ2n) is 4.93. The van der Waals surface area contributed by atoms with Gasteiger partial charge in [0.05, 0.1) is 18.8 Å². The van der Waals surface area contributed by atoms with E-state index < -0.39 is 6.10 Å². The van der Waals surface area contributed by atoms with Crippen LogP contribution in [0.1, 0.15) is 18.6 Å². The van der Waals surface area contributed by atoms with Crippen molar-refractivity contribution in [1.29, 1.82) is 0 Å². The van der Waals surface area contributed by atoms with Gasteiger partial charge in [0.2, 0.25) is 0 Å². The molecule has 0 aromatic heterocycles. The zero-order chi connectivity index (χ0) is 15.1. The first-order chi connectivity index (χ1) is 10.1.